The van der Waals surface area contributed by atoms with Crippen LogP contribution in [0.2, 0.25) is 0 Å². The van der Waals surface area contributed by atoms with E-state index in [0.717, 1.165) is 42.5 Å². The predicted octanol–water partition coefficient (Wildman–Crippen LogP) is 3.46. The van der Waals surface area contributed by atoms with E-state index in [-0.39, 0.29) is 5.60 Å². The third-order valence-corrected chi connectivity index (χ3v) is 5.35. The summed E-state index contributed by atoms with van der Waals surface area (Å²) in [6.45, 7) is 3.01. The minimum Gasteiger partial charge on any atom is -0.370 e. The van der Waals surface area contributed by atoms with Crippen molar-refractivity contribution < 1.29 is 4.74 Å². The van der Waals surface area contributed by atoms with Crippen LogP contribution in [0, 0.1) is 0 Å². The molecule has 3 rings (SSSR count). The first kappa shape index (κ1) is 14.1. The van der Waals surface area contributed by atoms with Crippen LogP contribution in [-0.2, 0) is 21.8 Å². The van der Waals surface area contributed by atoms with Crippen LogP contribution in [-0.4, -0.2) is 23.6 Å². The molecule has 1 saturated carbocycles. The lowest BCUT2D eigenvalue weighted by molar-refractivity contribution is -0.0515. The van der Waals surface area contributed by atoms with E-state index in [1.54, 1.807) is 0 Å². The Labute approximate surface area is 125 Å². The van der Waals surface area contributed by atoms with E-state index in [1.165, 1.54) is 30.5 Å². The number of ether oxygens (including phenoxy) is 1. The summed E-state index contributed by atoms with van der Waals surface area (Å²) in [7, 11) is 1.81. The van der Waals surface area contributed by atoms with Crippen LogP contribution in [0.4, 0.5) is 5.82 Å². The number of hydrogen-bond acceptors (Lipinski definition) is 5. The second-order valence-corrected chi connectivity index (χ2v) is 6.59. The average Bonchev–Trinajstić information content (AvgIpc) is 2.97. The van der Waals surface area contributed by atoms with Crippen LogP contribution < -0.4 is 5.32 Å². The molecule has 1 N–H and O–H groups in total. The highest BCUT2D eigenvalue weighted by molar-refractivity contribution is 7.98. The lowest BCUT2D eigenvalue weighted by Gasteiger charge is -2.35. The molecule has 1 fully saturated rings. The Kier molecular flexibility index (Phi) is 4.17. The molecule has 0 unspecified atom stereocenters. The minimum atomic E-state index is -0.259. The van der Waals surface area contributed by atoms with Crippen LogP contribution in [0.15, 0.2) is 0 Å². The van der Waals surface area contributed by atoms with Gasteiger partial charge in [-0.1, -0.05) is 19.3 Å². The molecule has 0 amide bonds. The molecule has 0 radical (unpaired) electrons. The summed E-state index contributed by atoms with van der Waals surface area (Å²) < 4.78 is 5.90. The summed E-state index contributed by atoms with van der Waals surface area (Å²) >= 11 is 1.92. The number of methoxy groups -OCH3 is 1. The van der Waals surface area contributed by atoms with Gasteiger partial charge in [0.05, 0.1) is 5.69 Å². The van der Waals surface area contributed by atoms with Crippen molar-refractivity contribution in [2.24, 2.45) is 0 Å². The molecule has 2 aliphatic rings. The number of anilines is 1. The van der Waals surface area contributed by atoms with Crippen molar-refractivity contribution in [1.82, 2.24) is 9.97 Å². The molecule has 0 saturated heterocycles. The number of thioether (sulfide) groups is 1. The number of nitrogens with one attached hydrogen (secondary N) is 1. The third-order valence-electron chi connectivity index (χ3n) is 4.38. The van der Waals surface area contributed by atoms with Gasteiger partial charge in [0.15, 0.2) is 5.82 Å². The van der Waals surface area contributed by atoms with Gasteiger partial charge >= 0.3 is 0 Å². The van der Waals surface area contributed by atoms with E-state index in [9.17, 15) is 0 Å². The summed E-state index contributed by atoms with van der Waals surface area (Å²) in [5.74, 6) is 3.96. The molecular weight excluding hydrogens is 270 g/mol. The van der Waals surface area contributed by atoms with Crippen molar-refractivity contribution in [3.05, 3.63) is 17.1 Å². The first-order chi connectivity index (χ1) is 9.79. The second kappa shape index (κ2) is 5.90. The van der Waals surface area contributed by atoms with Crippen LogP contribution in [0.25, 0.3) is 0 Å². The van der Waals surface area contributed by atoms with E-state index in [1.807, 2.05) is 18.9 Å². The molecule has 1 aromatic rings. The molecule has 0 spiro atoms. The van der Waals surface area contributed by atoms with Gasteiger partial charge in [0.2, 0.25) is 0 Å². The quantitative estimate of drug-likeness (QED) is 0.921. The van der Waals surface area contributed by atoms with Gasteiger partial charge in [0.1, 0.15) is 11.4 Å². The molecular formula is C15H23N3OS. The highest BCUT2D eigenvalue weighted by Crippen LogP contribution is 2.41. The molecule has 0 aromatic carbocycles. The third kappa shape index (κ3) is 2.42. The SMILES string of the molecule is CCNc1nc(C2(OC)CCCCC2)nc2c1CSC2. The standard InChI is InChI=1S/C15H23N3OS/c1-3-16-13-11-9-20-10-12(11)17-14(18-13)15(19-2)7-5-4-6-8-15/h3-10H2,1-2H3,(H,16,17,18). The van der Waals surface area contributed by atoms with Gasteiger partial charge < -0.3 is 10.1 Å². The minimum absolute atomic E-state index is 0.259. The molecule has 4 nitrogen and oxygen atoms in total. The summed E-state index contributed by atoms with van der Waals surface area (Å²) in [4.78, 5) is 9.71. The largest absolute Gasteiger partial charge is 0.370 e. The maximum absolute atomic E-state index is 5.90. The van der Waals surface area contributed by atoms with E-state index in [4.69, 9.17) is 14.7 Å². The van der Waals surface area contributed by atoms with Crippen molar-refractivity contribution in [2.45, 2.75) is 56.1 Å². The topological polar surface area (TPSA) is 47.0 Å². The fourth-order valence-electron chi connectivity index (χ4n) is 3.21. The summed E-state index contributed by atoms with van der Waals surface area (Å²) in [5, 5.41) is 3.41. The Morgan fingerprint density at radius 1 is 1.20 bits per heavy atom. The molecule has 0 atom stereocenters. The normalized spacial score (nSPS) is 20.7. The Morgan fingerprint density at radius 2 is 2.00 bits per heavy atom. The summed E-state index contributed by atoms with van der Waals surface area (Å²) in [5.41, 5.74) is 2.24. The first-order valence-corrected chi connectivity index (χ1v) is 8.71. The molecule has 0 bridgehead atoms. The Bertz CT molecular complexity index is 486. The summed E-state index contributed by atoms with van der Waals surface area (Å²) in [6.07, 6.45) is 5.80. The Hall–Kier alpha value is -0.810. The lowest BCUT2D eigenvalue weighted by atomic mass is 9.83. The van der Waals surface area contributed by atoms with Crippen LogP contribution >= 0.6 is 11.8 Å². The van der Waals surface area contributed by atoms with Crippen LogP contribution in [0.1, 0.15) is 56.1 Å². The van der Waals surface area contributed by atoms with E-state index in [2.05, 4.69) is 12.2 Å². The van der Waals surface area contributed by atoms with Gasteiger partial charge in [-0.15, -0.1) is 0 Å². The van der Waals surface area contributed by atoms with Crippen LogP contribution in [0.5, 0.6) is 0 Å². The number of fused-ring (bicyclic) bond motifs is 1. The molecule has 110 valence electrons. The second-order valence-electron chi connectivity index (χ2n) is 5.60. The smallest absolute Gasteiger partial charge is 0.162 e. The van der Waals surface area contributed by atoms with E-state index < -0.39 is 0 Å². The first-order valence-electron chi connectivity index (χ1n) is 7.56. The molecule has 5 heteroatoms. The monoisotopic (exact) mass is 293 g/mol. The molecule has 1 aromatic heterocycles. The van der Waals surface area contributed by atoms with Crippen molar-refractivity contribution in [2.75, 3.05) is 19.0 Å². The van der Waals surface area contributed by atoms with Gasteiger partial charge in [-0.05, 0) is 19.8 Å². The highest BCUT2D eigenvalue weighted by Gasteiger charge is 2.38. The number of hydrogen-bond donors (Lipinski definition) is 1. The summed E-state index contributed by atoms with van der Waals surface area (Å²) in [6, 6.07) is 0. The predicted molar refractivity (Wildman–Crippen MR) is 83.0 cm³/mol. The van der Waals surface area contributed by atoms with Crippen molar-refractivity contribution in [3.8, 4) is 0 Å². The average molecular weight is 293 g/mol. The van der Waals surface area contributed by atoms with Gasteiger partial charge in [-0.2, -0.15) is 11.8 Å². The maximum atomic E-state index is 5.90. The number of aromatic nitrogens is 2. The van der Waals surface area contributed by atoms with E-state index >= 15 is 0 Å². The zero-order chi connectivity index (χ0) is 14.0. The lowest BCUT2D eigenvalue weighted by Crippen LogP contribution is -2.34. The van der Waals surface area contributed by atoms with Gasteiger partial charge in [0.25, 0.3) is 0 Å². The van der Waals surface area contributed by atoms with Gasteiger partial charge in [-0.25, -0.2) is 9.97 Å². The fraction of sp³-hybridized carbons (Fsp3) is 0.733. The van der Waals surface area contributed by atoms with Crippen LogP contribution in [0.3, 0.4) is 0 Å². The Morgan fingerprint density at radius 3 is 2.70 bits per heavy atom. The zero-order valence-electron chi connectivity index (χ0n) is 12.4. The number of rotatable bonds is 4. The fourth-order valence-corrected chi connectivity index (χ4v) is 4.25. The highest BCUT2D eigenvalue weighted by atomic mass is 32.2. The number of nitrogens with zero attached hydrogens (tertiary/aromatic N) is 2. The molecule has 1 aliphatic carbocycles. The molecule has 1 aliphatic heterocycles. The van der Waals surface area contributed by atoms with E-state index in [0.29, 0.717) is 0 Å². The Balaban J connectivity index is 2.02. The van der Waals surface area contributed by atoms with Gasteiger partial charge in [0, 0.05) is 30.7 Å². The zero-order valence-corrected chi connectivity index (χ0v) is 13.2. The van der Waals surface area contributed by atoms with Gasteiger partial charge in [-0.3, -0.25) is 0 Å². The van der Waals surface area contributed by atoms with Crippen molar-refractivity contribution in [1.29, 1.82) is 0 Å². The van der Waals surface area contributed by atoms with Crippen molar-refractivity contribution >= 4 is 17.6 Å². The molecule has 2 heterocycles. The van der Waals surface area contributed by atoms with Crippen molar-refractivity contribution in [3.63, 3.8) is 0 Å². The molecule has 20 heavy (non-hydrogen) atoms. The maximum Gasteiger partial charge on any atom is 0.162 e.